The first-order valence-electron chi connectivity index (χ1n) is 8.01. The van der Waals surface area contributed by atoms with Crippen LogP contribution in [0.1, 0.15) is 33.3 Å². The van der Waals surface area contributed by atoms with Gasteiger partial charge in [-0.15, -0.1) is 0 Å². The highest BCUT2D eigenvalue weighted by molar-refractivity contribution is 14.1. The summed E-state index contributed by atoms with van der Waals surface area (Å²) in [4.78, 5) is 7.58. The molecule has 1 aliphatic rings. The van der Waals surface area contributed by atoms with Crippen molar-refractivity contribution in [2.24, 2.45) is 10.9 Å². The SMILES string of the molecule is CC(C)[C@H]1CN(C(C)C)C(c2c(I)ccc3ccccc23)=N1. The normalized spacial score (nSPS) is 18.6. The fourth-order valence-corrected chi connectivity index (χ4v) is 3.77. The average molecular weight is 406 g/mol. The third-order valence-electron chi connectivity index (χ3n) is 4.44. The molecular weight excluding hydrogens is 383 g/mol. The third kappa shape index (κ3) is 2.75. The summed E-state index contributed by atoms with van der Waals surface area (Å²) in [5.74, 6) is 1.75. The Kier molecular flexibility index (Phi) is 4.44. The van der Waals surface area contributed by atoms with Crippen LogP contribution in [0.5, 0.6) is 0 Å². The molecule has 2 nitrogen and oxygen atoms in total. The molecule has 1 heterocycles. The zero-order valence-electron chi connectivity index (χ0n) is 13.7. The van der Waals surface area contributed by atoms with E-state index in [1.165, 1.54) is 25.7 Å². The molecule has 0 aliphatic carbocycles. The summed E-state index contributed by atoms with van der Waals surface area (Å²) in [6.07, 6.45) is 0. The lowest BCUT2D eigenvalue weighted by Gasteiger charge is -2.27. The van der Waals surface area contributed by atoms with Gasteiger partial charge in [0.15, 0.2) is 0 Å². The average Bonchev–Trinajstić information content (AvgIpc) is 2.92. The molecule has 0 unspecified atom stereocenters. The molecule has 3 rings (SSSR count). The Morgan fingerprint density at radius 1 is 1.09 bits per heavy atom. The first-order valence-corrected chi connectivity index (χ1v) is 9.09. The standard InChI is InChI=1S/C19H23IN2/c1-12(2)17-11-22(13(3)4)19(21-17)18-15-8-6-5-7-14(15)9-10-16(18)20/h5-10,12-13,17H,11H2,1-4H3/t17-/m1/s1. The number of fused-ring (bicyclic) bond motifs is 1. The third-order valence-corrected chi connectivity index (χ3v) is 5.34. The number of benzene rings is 2. The van der Waals surface area contributed by atoms with Crippen LogP contribution < -0.4 is 0 Å². The number of hydrogen-bond acceptors (Lipinski definition) is 2. The Morgan fingerprint density at radius 3 is 2.50 bits per heavy atom. The van der Waals surface area contributed by atoms with Gasteiger partial charge in [0.1, 0.15) is 5.84 Å². The second kappa shape index (κ2) is 6.19. The monoisotopic (exact) mass is 406 g/mol. The molecule has 2 aromatic carbocycles. The van der Waals surface area contributed by atoms with Crippen LogP contribution in [0, 0.1) is 9.49 Å². The number of hydrogen-bond donors (Lipinski definition) is 0. The predicted octanol–water partition coefficient (Wildman–Crippen LogP) is 4.94. The Balaban J connectivity index is 2.20. The number of aliphatic imine (C=N–C) groups is 1. The summed E-state index contributed by atoms with van der Waals surface area (Å²) in [5.41, 5.74) is 1.30. The van der Waals surface area contributed by atoms with Crippen molar-refractivity contribution in [3.63, 3.8) is 0 Å². The molecule has 116 valence electrons. The van der Waals surface area contributed by atoms with E-state index in [1.807, 2.05) is 0 Å². The minimum absolute atomic E-state index is 0.396. The molecule has 0 N–H and O–H groups in total. The van der Waals surface area contributed by atoms with Gasteiger partial charge in [-0.3, -0.25) is 4.99 Å². The van der Waals surface area contributed by atoms with Gasteiger partial charge in [-0.25, -0.2) is 0 Å². The lowest BCUT2D eigenvalue weighted by Crippen LogP contribution is -2.37. The van der Waals surface area contributed by atoms with Crippen molar-refractivity contribution < 1.29 is 0 Å². The summed E-state index contributed by atoms with van der Waals surface area (Å²) in [6.45, 7) is 10.1. The van der Waals surface area contributed by atoms with E-state index in [4.69, 9.17) is 4.99 Å². The van der Waals surface area contributed by atoms with Crippen molar-refractivity contribution in [1.82, 2.24) is 4.90 Å². The molecule has 0 bridgehead atoms. The summed E-state index contributed by atoms with van der Waals surface area (Å²) in [7, 11) is 0. The number of rotatable bonds is 3. The van der Waals surface area contributed by atoms with Gasteiger partial charge in [0.25, 0.3) is 0 Å². The lowest BCUT2D eigenvalue weighted by molar-refractivity contribution is 0.333. The molecule has 0 fully saturated rings. The van der Waals surface area contributed by atoms with Crippen molar-refractivity contribution in [2.75, 3.05) is 6.54 Å². The topological polar surface area (TPSA) is 15.6 Å². The van der Waals surface area contributed by atoms with E-state index in [0.29, 0.717) is 18.0 Å². The van der Waals surface area contributed by atoms with E-state index in [2.05, 4.69) is 91.6 Å². The Bertz CT molecular complexity index is 718. The van der Waals surface area contributed by atoms with Gasteiger partial charge in [-0.2, -0.15) is 0 Å². The van der Waals surface area contributed by atoms with Gasteiger partial charge in [0.05, 0.1) is 6.04 Å². The fraction of sp³-hybridized carbons (Fsp3) is 0.421. The van der Waals surface area contributed by atoms with Gasteiger partial charge in [-0.1, -0.05) is 44.2 Å². The highest BCUT2D eigenvalue weighted by atomic mass is 127. The summed E-state index contributed by atoms with van der Waals surface area (Å²) >= 11 is 2.45. The van der Waals surface area contributed by atoms with Crippen LogP contribution in [0.2, 0.25) is 0 Å². The highest BCUT2D eigenvalue weighted by Crippen LogP contribution is 2.30. The molecule has 0 aromatic heterocycles. The Hall–Kier alpha value is -1.10. The van der Waals surface area contributed by atoms with Crippen molar-refractivity contribution in [2.45, 2.75) is 39.8 Å². The van der Waals surface area contributed by atoms with Crippen LogP contribution in [0.25, 0.3) is 10.8 Å². The van der Waals surface area contributed by atoms with E-state index in [0.717, 1.165) is 6.54 Å². The lowest BCUT2D eigenvalue weighted by atomic mass is 10.0. The second-order valence-corrected chi connectivity index (χ2v) is 7.82. The van der Waals surface area contributed by atoms with Gasteiger partial charge < -0.3 is 4.90 Å². The predicted molar refractivity (Wildman–Crippen MR) is 104 cm³/mol. The van der Waals surface area contributed by atoms with E-state index < -0.39 is 0 Å². The second-order valence-electron chi connectivity index (χ2n) is 6.65. The van der Waals surface area contributed by atoms with Gasteiger partial charge in [-0.05, 0) is 59.2 Å². The van der Waals surface area contributed by atoms with Crippen LogP contribution in [0.15, 0.2) is 41.4 Å². The number of halogens is 1. The quantitative estimate of drug-likeness (QED) is 0.660. The highest BCUT2D eigenvalue weighted by Gasteiger charge is 2.31. The maximum absolute atomic E-state index is 5.11. The molecule has 0 saturated carbocycles. The molecule has 0 saturated heterocycles. The Labute approximate surface area is 146 Å². The number of nitrogens with zero attached hydrogens (tertiary/aromatic N) is 2. The maximum Gasteiger partial charge on any atom is 0.133 e. The maximum atomic E-state index is 5.11. The van der Waals surface area contributed by atoms with Crippen molar-refractivity contribution >= 4 is 39.2 Å². The molecule has 0 radical (unpaired) electrons. The van der Waals surface area contributed by atoms with Crippen LogP contribution in [-0.2, 0) is 0 Å². The van der Waals surface area contributed by atoms with Gasteiger partial charge >= 0.3 is 0 Å². The van der Waals surface area contributed by atoms with Crippen LogP contribution >= 0.6 is 22.6 Å². The molecule has 0 amide bonds. The van der Waals surface area contributed by atoms with Crippen LogP contribution in [-0.4, -0.2) is 29.4 Å². The first kappa shape index (κ1) is 15.8. The zero-order chi connectivity index (χ0) is 15.9. The summed E-state index contributed by atoms with van der Waals surface area (Å²) in [6, 6.07) is 13.9. The van der Waals surface area contributed by atoms with E-state index in [1.54, 1.807) is 0 Å². The molecule has 2 aromatic rings. The van der Waals surface area contributed by atoms with Crippen LogP contribution in [0.4, 0.5) is 0 Å². The zero-order valence-corrected chi connectivity index (χ0v) is 15.8. The van der Waals surface area contributed by atoms with Gasteiger partial charge in [0.2, 0.25) is 0 Å². The minimum Gasteiger partial charge on any atom is -0.352 e. The largest absolute Gasteiger partial charge is 0.352 e. The summed E-state index contributed by atoms with van der Waals surface area (Å²) in [5, 5.41) is 2.60. The van der Waals surface area contributed by atoms with E-state index in [-0.39, 0.29) is 0 Å². The fourth-order valence-electron chi connectivity index (χ4n) is 3.06. The minimum atomic E-state index is 0.396. The van der Waals surface area contributed by atoms with Crippen molar-refractivity contribution in [3.05, 3.63) is 45.5 Å². The smallest absolute Gasteiger partial charge is 0.133 e. The van der Waals surface area contributed by atoms with Crippen molar-refractivity contribution in [1.29, 1.82) is 0 Å². The molecule has 1 aliphatic heterocycles. The van der Waals surface area contributed by atoms with Crippen molar-refractivity contribution in [3.8, 4) is 0 Å². The van der Waals surface area contributed by atoms with E-state index in [9.17, 15) is 0 Å². The first-order chi connectivity index (χ1) is 10.5. The van der Waals surface area contributed by atoms with Crippen LogP contribution in [0.3, 0.4) is 0 Å². The number of amidine groups is 1. The Morgan fingerprint density at radius 2 is 1.82 bits per heavy atom. The molecular formula is C19H23IN2. The van der Waals surface area contributed by atoms with Gasteiger partial charge in [0, 0.05) is 21.7 Å². The molecule has 22 heavy (non-hydrogen) atoms. The summed E-state index contributed by atoms with van der Waals surface area (Å²) < 4.78 is 1.28. The molecule has 3 heteroatoms. The van der Waals surface area contributed by atoms with E-state index >= 15 is 0 Å². The molecule has 1 atom stereocenters. The molecule has 0 spiro atoms.